The van der Waals surface area contributed by atoms with Gasteiger partial charge in [-0.05, 0) is 62.0 Å². The standard InChI is InChI=1S/C27H33N5O2S/c1-19-17-23(20(2)32(19)21-7-6-8-22(18-21)33-3)26-25(24-9-4-5-10-28-24)29-27(35)31(26)12-11-30-13-15-34-16-14-30/h4-10,17-18,25-26H,11-16H2,1-3H3,(H,29,35)/t25-,26+/m0/s1. The molecule has 2 fully saturated rings. The molecule has 0 radical (unpaired) electrons. The molecule has 8 heteroatoms. The first-order valence-electron chi connectivity index (χ1n) is 12.2. The number of nitrogens with zero attached hydrogens (tertiary/aromatic N) is 4. The molecule has 0 saturated carbocycles. The Kier molecular flexibility index (Phi) is 7.04. The van der Waals surface area contributed by atoms with Crippen LogP contribution >= 0.6 is 12.2 Å². The van der Waals surface area contributed by atoms with E-state index in [0.717, 1.165) is 61.6 Å². The summed E-state index contributed by atoms with van der Waals surface area (Å²) in [7, 11) is 1.70. The van der Waals surface area contributed by atoms with Crippen LogP contribution in [0.15, 0.2) is 54.7 Å². The first-order valence-corrected chi connectivity index (χ1v) is 12.6. The molecule has 2 aliphatic rings. The van der Waals surface area contributed by atoms with Gasteiger partial charge in [0, 0.05) is 55.5 Å². The van der Waals surface area contributed by atoms with Gasteiger partial charge < -0.3 is 24.3 Å². The summed E-state index contributed by atoms with van der Waals surface area (Å²) in [5, 5.41) is 4.38. The van der Waals surface area contributed by atoms with Gasteiger partial charge in [-0.3, -0.25) is 9.88 Å². The van der Waals surface area contributed by atoms with Crippen molar-refractivity contribution in [3.05, 3.63) is 77.4 Å². The van der Waals surface area contributed by atoms with Crippen LogP contribution in [0.4, 0.5) is 0 Å². The van der Waals surface area contributed by atoms with E-state index < -0.39 is 0 Å². The minimum Gasteiger partial charge on any atom is -0.497 e. The first kappa shape index (κ1) is 23.8. The largest absolute Gasteiger partial charge is 0.497 e. The molecule has 5 rings (SSSR count). The molecule has 2 aromatic heterocycles. The fraction of sp³-hybridized carbons (Fsp3) is 0.407. The Hall–Kier alpha value is -2.94. The average molecular weight is 492 g/mol. The second-order valence-electron chi connectivity index (χ2n) is 9.14. The number of hydrogen-bond donors (Lipinski definition) is 1. The van der Waals surface area contributed by atoms with Crippen molar-refractivity contribution in [2.45, 2.75) is 25.9 Å². The van der Waals surface area contributed by atoms with E-state index in [4.69, 9.17) is 26.7 Å². The Morgan fingerprint density at radius 3 is 2.66 bits per heavy atom. The third-order valence-electron chi connectivity index (χ3n) is 7.06. The van der Waals surface area contributed by atoms with E-state index in [9.17, 15) is 0 Å². The lowest BCUT2D eigenvalue weighted by Gasteiger charge is -2.32. The van der Waals surface area contributed by atoms with Gasteiger partial charge in [-0.1, -0.05) is 12.1 Å². The van der Waals surface area contributed by atoms with E-state index in [1.807, 2.05) is 30.5 Å². The van der Waals surface area contributed by atoms with Crippen LogP contribution in [0.1, 0.15) is 34.7 Å². The summed E-state index contributed by atoms with van der Waals surface area (Å²) in [6.07, 6.45) is 1.85. The molecule has 0 aliphatic carbocycles. The second-order valence-corrected chi connectivity index (χ2v) is 9.52. The Bertz CT molecular complexity index is 1180. The van der Waals surface area contributed by atoms with E-state index in [1.165, 1.54) is 17.0 Å². The molecule has 184 valence electrons. The summed E-state index contributed by atoms with van der Waals surface area (Å²) in [5.74, 6) is 0.846. The van der Waals surface area contributed by atoms with Crippen molar-refractivity contribution < 1.29 is 9.47 Å². The smallest absolute Gasteiger partial charge is 0.170 e. The van der Waals surface area contributed by atoms with Crippen LogP contribution in [0.3, 0.4) is 0 Å². The highest BCUT2D eigenvalue weighted by atomic mass is 32.1. The Morgan fingerprint density at radius 1 is 1.09 bits per heavy atom. The molecule has 2 aliphatic heterocycles. The van der Waals surface area contributed by atoms with Gasteiger partial charge >= 0.3 is 0 Å². The highest BCUT2D eigenvalue weighted by molar-refractivity contribution is 7.80. The lowest BCUT2D eigenvalue weighted by Crippen LogP contribution is -2.42. The van der Waals surface area contributed by atoms with Gasteiger partial charge in [-0.2, -0.15) is 0 Å². The van der Waals surface area contributed by atoms with E-state index >= 15 is 0 Å². The molecule has 1 aromatic carbocycles. The third kappa shape index (κ3) is 4.78. The zero-order valence-corrected chi connectivity index (χ0v) is 21.4. The topological polar surface area (TPSA) is 54.8 Å². The summed E-state index contributed by atoms with van der Waals surface area (Å²) >= 11 is 5.89. The highest BCUT2D eigenvalue weighted by Crippen LogP contribution is 2.41. The Morgan fingerprint density at radius 2 is 1.91 bits per heavy atom. The fourth-order valence-electron chi connectivity index (χ4n) is 5.29. The summed E-state index contributed by atoms with van der Waals surface area (Å²) in [6, 6.07) is 16.6. The number of thiocarbonyl (C=S) groups is 1. The number of morpholine rings is 1. The van der Waals surface area contributed by atoms with E-state index in [1.54, 1.807) is 7.11 Å². The summed E-state index contributed by atoms with van der Waals surface area (Å²) < 4.78 is 13.3. The normalized spacial score (nSPS) is 20.8. The molecule has 0 spiro atoms. The van der Waals surface area contributed by atoms with Crippen LogP contribution < -0.4 is 10.1 Å². The summed E-state index contributed by atoms with van der Waals surface area (Å²) in [5.41, 5.74) is 5.73. The van der Waals surface area contributed by atoms with Gasteiger partial charge in [0.1, 0.15) is 5.75 Å². The molecule has 0 amide bonds. The average Bonchev–Trinajstić information content (AvgIpc) is 3.38. The van der Waals surface area contributed by atoms with Gasteiger partial charge in [-0.25, -0.2) is 0 Å². The van der Waals surface area contributed by atoms with Crippen molar-refractivity contribution >= 4 is 17.3 Å². The fourth-order valence-corrected chi connectivity index (χ4v) is 5.62. The van der Waals surface area contributed by atoms with E-state index in [2.05, 4.69) is 57.8 Å². The van der Waals surface area contributed by atoms with Crippen LogP contribution in [0.5, 0.6) is 5.75 Å². The van der Waals surface area contributed by atoms with Gasteiger partial charge in [-0.15, -0.1) is 0 Å². The lowest BCUT2D eigenvalue weighted by atomic mass is 9.96. The summed E-state index contributed by atoms with van der Waals surface area (Å²) in [6.45, 7) is 9.67. The molecule has 1 N–H and O–H groups in total. The lowest BCUT2D eigenvalue weighted by molar-refractivity contribution is 0.0350. The zero-order valence-electron chi connectivity index (χ0n) is 20.6. The zero-order chi connectivity index (χ0) is 24.4. The number of aryl methyl sites for hydroxylation is 1. The van der Waals surface area contributed by atoms with Gasteiger partial charge in [0.05, 0.1) is 38.1 Å². The van der Waals surface area contributed by atoms with Crippen molar-refractivity contribution in [2.75, 3.05) is 46.5 Å². The molecule has 0 bridgehead atoms. The maximum Gasteiger partial charge on any atom is 0.170 e. The van der Waals surface area contributed by atoms with Crippen LogP contribution in [-0.4, -0.2) is 71.0 Å². The molecular formula is C27H33N5O2S. The Labute approximate surface area is 212 Å². The number of benzene rings is 1. The highest BCUT2D eigenvalue weighted by Gasteiger charge is 2.41. The van der Waals surface area contributed by atoms with Crippen molar-refractivity contribution in [1.29, 1.82) is 0 Å². The maximum atomic E-state index is 5.89. The van der Waals surface area contributed by atoms with Crippen molar-refractivity contribution in [2.24, 2.45) is 0 Å². The van der Waals surface area contributed by atoms with Gasteiger partial charge in [0.25, 0.3) is 0 Å². The van der Waals surface area contributed by atoms with Crippen LogP contribution in [0, 0.1) is 13.8 Å². The van der Waals surface area contributed by atoms with Crippen LogP contribution in [-0.2, 0) is 4.74 Å². The van der Waals surface area contributed by atoms with E-state index in [0.29, 0.717) is 0 Å². The van der Waals surface area contributed by atoms with Crippen molar-refractivity contribution in [3.8, 4) is 11.4 Å². The summed E-state index contributed by atoms with van der Waals surface area (Å²) in [4.78, 5) is 9.50. The monoisotopic (exact) mass is 491 g/mol. The number of pyridine rings is 1. The number of rotatable bonds is 7. The van der Waals surface area contributed by atoms with E-state index in [-0.39, 0.29) is 12.1 Å². The molecule has 7 nitrogen and oxygen atoms in total. The first-order chi connectivity index (χ1) is 17.1. The number of methoxy groups -OCH3 is 1. The number of hydrogen-bond acceptors (Lipinski definition) is 5. The minimum atomic E-state index is -0.0207. The molecule has 0 unspecified atom stereocenters. The predicted molar refractivity (Wildman–Crippen MR) is 141 cm³/mol. The maximum absolute atomic E-state index is 5.89. The Balaban J connectivity index is 1.52. The molecule has 35 heavy (non-hydrogen) atoms. The van der Waals surface area contributed by atoms with Gasteiger partial charge in [0.2, 0.25) is 0 Å². The molecular weight excluding hydrogens is 458 g/mol. The molecule has 2 atom stereocenters. The molecule has 2 saturated heterocycles. The molecule has 3 aromatic rings. The number of aromatic nitrogens is 2. The van der Waals surface area contributed by atoms with Crippen molar-refractivity contribution in [3.63, 3.8) is 0 Å². The molecule has 4 heterocycles. The van der Waals surface area contributed by atoms with Crippen LogP contribution in [0.2, 0.25) is 0 Å². The minimum absolute atomic E-state index is 0.0207. The number of nitrogens with one attached hydrogen (secondary N) is 1. The quantitative estimate of drug-likeness (QED) is 0.505. The SMILES string of the molecule is COc1cccc(-n2c(C)cc([C@@H]3[C@H](c4ccccn4)NC(=S)N3CCN3CCOCC3)c2C)c1. The van der Waals surface area contributed by atoms with Crippen LogP contribution in [0.25, 0.3) is 5.69 Å². The van der Waals surface area contributed by atoms with Crippen molar-refractivity contribution in [1.82, 2.24) is 24.7 Å². The predicted octanol–water partition coefficient (Wildman–Crippen LogP) is 3.80. The number of ether oxygens (including phenoxy) is 2. The van der Waals surface area contributed by atoms with Gasteiger partial charge in [0.15, 0.2) is 5.11 Å². The third-order valence-corrected chi connectivity index (χ3v) is 7.41. The second kappa shape index (κ2) is 10.4.